The van der Waals surface area contributed by atoms with Crippen LogP contribution in [0.5, 0.6) is 0 Å². The molecule has 0 amide bonds. The van der Waals surface area contributed by atoms with Crippen molar-refractivity contribution >= 4 is 11.8 Å². The topological polar surface area (TPSA) is 109 Å². The minimum absolute atomic E-state index is 0.210. The van der Waals surface area contributed by atoms with E-state index in [1.807, 2.05) is 62.4 Å². The monoisotopic (exact) mass is 448 g/mol. The molecule has 0 unspecified atom stereocenters. The van der Waals surface area contributed by atoms with E-state index in [1.54, 1.807) is 0 Å². The summed E-state index contributed by atoms with van der Waals surface area (Å²) in [6, 6.07) is 16.0. The number of hydrogen-bond acceptors (Lipinski definition) is 6. The third kappa shape index (κ3) is 4.43. The second-order valence-electron chi connectivity index (χ2n) is 7.28. The third-order valence-electron chi connectivity index (χ3n) is 5.14. The second-order valence-corrected chi connectivity index (χ2v) is 8.56. The Kier molecular flexibility index (Phi) is 6.65. The van der Waals surface area contributed by atoms with Gasteiger partial charge in [-0.15, -0.1) is 22.0 Å². The molecule has 0 saturated carbocycles. The standard InChI is InChI=1S/C23H24N6O2S/c1-3-13-29-22(30)19(21(32-4-2)24-23(29)31)14-15-9-11-16(12-10-15)17-7-5-6-8-18(17)20-25-27-28-26-20/h5-12H,3-4,13-14H2,1-2H3,(H,24,31)(H,25,26,27,28). The fraction of sp³-hybridized carbons (Fsp3) is 0.261. The lowest BCUT2D eigenvalue weighted by atomic mass is 9.97. The Labute approximate surface area is 189 Å². The maximum atomic E-state index is 13.1. The minimum Gasteiger partial charge on any atom is -0.301 e. The Bertz CT molecular complexity index is 1310. The van der Waals surface area contributed by atoms with Gasteiger partial charge in [-0.05, 0) is 34.1 Å². The summed E-state index contributed by atoms with van der Waals surface area (Å²) in [4.78, 5) is 28.3. The number of nitrogens with zero attached hydrogens (tertiary/aromatic N) is 4. The summed E-state index contributed by atoms with van der Waals surface area (Å²) in [5.74, 6) is 1.31. The van der Waals surface area contributed by atoms with Crippen molar-refractivity contribution in [1.82, 2.24) is 30.2 Å². The van der Waals surface area contributed by atoms with E-state index < -0.39 is 0 Å². The van der Waals surface area contributed by atoms with Gasteiger partial charge in [0.25, 0.3) is 5.56 Å². The first-order chi connectivity index (χ1) is 15.6. The number of thioether (sulfide) groups is 1. The van der Waals surface area contributed by atoms with Gasteiger partial charge in [-0.25, -0.2) is 4.79 Å². The van der Waals surface area contributed by atoms with Crippen LogP contribution in [0.1, 0.15) is 31.4 Å². The third-order valence-corrected chi connectivity index (χ3v) is 6.06. The number of rotatable bonds is 8. The Balaban J connectivity index is 1.68. The van der Waals surface area contributed by atoms with Gasteiger partial charge in [-0.1, -0.05) is 62.4 Å². The molecule has 8 nitrogen and oxygen atoms in total. The molecule has 0 bridgehead atoms. The Morgan fingerprint density at radius 3 is 2.41 bits per heavy atom. The zero-order valence-corrected chi connectivity index (χ0v) is 18.8. The highest BCUT2D eigenvalue weighted by molar-refractivity contribution is 7.99. The van der Waals surface area contributed by atoms with Crippen LogP contribution >= 0.6 is 11.8 Å². The molecule has 2 aromatic carbocycles. The van der Waals surface area contributed by atoms with E-state index in [4.69, 9.17) is 0 Å². The fourth-order valence-electron chi connectivity index (χ4n) is 3.65. The zero-order chi connectivity index (χ0) is 22.5. The lowest BCUT2D eigenvalue weighted by molar-refractivity contribution is 0.596. The van der Waals surface area contributed by atoms with Gasteiger partial charge in [-0.2, -0.15) is 5.21 Å². The molecule has 0 atom stereocenters. The van der Waals surface area contributed by atoms with Gasteiger partial charge < -0.3 is 4.98 Å². The highest BCUT2D eigenvalue weighted by Crippen LogP contribution is 2.30. The molecule has 0 aliphatic carbocycles. The summed E-state index contributed by atoms with van der Waals surface area (Å²) in [6.07, 6.45) is 1.17. The summed E-state index contributed by atoms with van der Waals surface area (Å²) >= 11 is 1.49. The maximum absolute atomic E-state index is 13.1. The molecular formula is C23H24N6O2S. The molecule has 0 aliphatic rings. The number of aromatic nitrogens is 6. The van der Waals surface area contributed by atoms with Crippen molar-refractivity contribution < 1.29 is 0 Å². The SMILES string of the molecule is CCCn1c(=O)[nH]c(SCC)c(Cc2ccc(-c3ccccc3-c3nn[nH]n3)cc2)c1=O. The van der Waals surface area contributed by atoms with Crippen molar-refractivity contribution in [1.29, 1.82) is 0 Å². The molecule has 0 saturated heterocycles. The lowest BCUT2D eigenvalue weighted by Crippen LogP contribution is -2.38. The molecule has 2 N–H and O–H groups in total. The van der Waals surface area contributed by atoms with E-state index in [0.717, 1.165) is 34.4 Å². The van der Waals surface area contributed by atoms with Crippen molar-refractivity contribution in [3.8, 4) is 22.5 Å². The Morgan fingerprint density at radius 1 is 1.00 bits per heavy atom. The van der Waals surface area contributed by atoms with Crippen LogP contribution in [0.15, 0.2) is 63.1 Å². The van der Waals surface area contributed by atoms with Gasteiger partial charge in [-0.3, -0.25) is 9.36 Å². The number of aromatic amines is 2. The van der Waals surface area contributed by atoms with Crippen LogP contribution in [0.2, 0.25) is 0 Å². The van der Waals surface area contributed by atoms with Crippen LogP contribution in [0.3, 0.4) is 0 Å². The smallest absolute Gasteiger partial charge is 0.301 e. The van der Waals surface area contributed by atoms with Crippen LogP contribution in [-0.4, -0.2) is 35.9 Å². The zero-order valence-electron chi connectivity index (χ0n) is 18.0. The van der Waals surface area contributed by atoms with Crippen molar-refractivity contribution in [2.45, 2.75) is 38.3 Å². The minimum atomic E-state index is -0.343. The van der Waals surface area contributed by atoms with Crippen LogP contribution in [0.4, 0.5) is 0 Å². The summed E-state index contributed by atoms with van der Waals surface area (Å²) < 4.78 is 1.30. The first-order valence-corrected chi connectivity index (χ1v) is 11.5. The summed E-state index contributed by atoms with van der Waals surface area (Å²) in [7, 11) is 0. The molecule has 2 heterocycles. The van der Waals surface area contributed by atoms with Crippen molar-refractivity contribution in [3.05, 3.63) is 80.5 Å². The Hall–Kier alpha value is -3.46. The predicted octanol–water partition coefficient (Wildman–Crippen LogP) is 3.50. The van der Waals surface area contributed by atoms with Crippen molar-refractivity contribution in [2.75, 3.05) is 5.75 Å². The number of nitrogens with one attached hydrogen (secondary N) is 2. The molecule has 0 spiro atoms. The van der Waals surface area contributed by atoms with E-state index >= 15 is 0 Å². The van der Waals surface area contributed by atoms with Gasteiger partial charge in [0.05, 0.1) is 10.6 Å². The molecule has 0 aliphatic heterocycles. The van der Waals surface area contributed by atoms with Gasteiger partial charge in [0.1, 0.15) is 0 Å². The van der Waals surface area contributed by atoms with Gasteiger partial charge in [0.2, 0.25) is 5.82 Å². The lowest BCUT2D eigenvalue weighted by Gasteiger charge is -2.12. The van der Waals surface area contributed by atoms with Crippen LogP contribution < -0.4 is 11.2 Å². The normalized spacial score (nSPS) is 11.1. The predicted molar refractivity (Wildman–Crippen MR) is 126 cm³/mol. The van der Waals surface area contributed by atoms with Crippen molar-refractivity contribution in [2.24, 2.45) is 0 Å². The van der Waals surface area contributed by atoms with Gasteiger partial charge in [0, 0.05) is 18.5 Å². The van der Waals surface area contributed by atoms with Gasteiger partial charge in [0.15, 0.2) is 0 Å². The highest BCUT2D eigenvalue weighted by Gasteiger charge is 2.15. The molecule has 9 heteroatoms. The molecule has 4 rings (SSSR count). The second kappa shape index (κ2) is 9.78. The van der Waals surface area contributed by atoms with Crippen molar-refractivity contribution in [3.63, 3.8) is 0 Å². The van der Waals surface area contributed by atoms with E-state index in [9.17, 15) is 9.59 Å². The molecule has 32 heavy (non-hydrogen) atoms. The Morgan fingerprint density at radius 2 is 1.75 bits per heavy atom. The summed E-state index contributed by atoms with van der Waals surface area (Å²) in [6.45, 7) is 4.36. The average Bonchev–Trinajstić information content (AvgIpc) is 3.35. The molecule has 2 aromatic heterocycles. The van der Waals surface area contributed by atoms with E-state index in [2.05, 4.69) is 25.6 Å². The molecule has 4 aromatic rings. The number of benzene rings is 2. The van der Waals surface area contributed by atoms with E-state index in [1.165, 1.54) is 16.3 Å². The van der Waals surface area contributed by atoms with E-state index in [0.29, 0.717) is 29.4 Å². The number of hydrogen-bond donors (Lipinski definition) is 2. The van der Waals surface area contributed by atoms with Crippen LogP contribution in [0.25, 0.3) is 22.5 Å². The number of tetrazole rings is 1. The molecule has 0 radical (unpaired) electrons. The molecular weight excluding hydrogens is 424 g/mol. The largest absolute Gasteiger partial charge is 0.329 e. The van der Waals surface area contributed by atoms with Gasteiger partial charge >= 0.3 is 5.69 Å². The summed E-state index contributed by atoms with van der Waals surface area (Å²) in [5, 5.41) is 15.0. The molecule has 0 fully saturated rings. The first-order valence-electron chi connectivity index (χ1n) is 10.5. The average molecular weight is 449 g/mol. The first kappa shape index (κ1) is 21.8. The highest BCUT2D eigenvalue weighted by atomic mass is 32.2. The molecule has 164 valence electrons. The quantitative estimate of drug-likeness (QED) is 0.315. The fourth-order valence-corrected chi connectivity index (χ4v) is 4.44. The van der Waals surface area contributed by atoms with Crippen LogP contribution in [-0.2, 0) is 13.0 Å². The van der Waals surface area contributed by atoms with E-state index in [-0.39, 0.29) is 11.2 Å². The maximum Gasteiger partial charge on any atom is 0.329 e. The van der Waals surface area contributed by atoms with Crippen LogP contribution in [0, 0.1) is 0 Å². The summed E-state index contributed by atoms with van der Waals surface area (Å²) in [5.41, 5.74) is 3.97. The number of H-pyrrole nitrogens is 2.